The first-order valence-corrected chi connectivity index (χ1v) is 10.1. The van der Waals surface area contributed by atoms with Gasteiger partial charge in [0.2, 0.25) is 0 Å². The van der Waals surface area contributed by atoms with Gasteiger partial charge in [-0.05, 0) is 36.6 Å². The lowest BCUT2D eigenvalue weighted by atomic mass is 10.1. The van der Waals surface area contributed by atoms with Crippen LogP contribution in [0.2, 0.25) is 0 Å². The van der Waals surface area contributed by atoms with E-state index < -0.39 is 0 Å². The molecular formula is C19H23N5O2S. The number of carbonyl (C=O) groups is 1. The maximum atomic E-state index is 12.7. The molecule has 27 heavy (non-hydrogen) atoms. The number of hydrogen-bond donors (Lipinski definition) is 1. The lowest BCUT2D eigenvalue weighted by molar-refractivity contribution is 0.0169. The number of benzene rings is 1. The van der Waals surface area contributed by atoms with E-state index in [4.69, 9.17) is 4.74 Å². The second-order valence-electron chi connectivity index (χ2n) is 6.50. The highest BCUT2D eigenvalue weighted by Gasteiger charge is 2.24. The number of morpholine rings is 1. The first kappa shape index (κ1) is 18.1. The van der Waals surface area contributed by atoms with Crippen LogP contribution < -0.4 is 5.32 Å². The molecule has 0 bridgehead atoms. The number of hydrogen-bond acceptors (Lipinski definition) is 6. The number of thiophene rings is 1. The third kappa shape index (κ3) is 3.87. The van der Waals surface area contributed by atoms with Crippen LogP contribution in [0.15, 0.2) is 35.7 Å². The predicted molar refractivity (Wildman–Crippen MR) is 105 cm³/mol. The maximum absolute atomic E-state index is 12.7. The number of rotatable bonds is 6. The van der Waals surface area contributed by atoms with Gasteiger partial charge in [0.1, 0.15) is 5.52 Å². The van der Waals surface area contributed by atoms with E-state index >= 15 is 0 Å². The molecule has 7 nitrogen and oxygen atoms in total. The minimum Gasteiger partial charge on any atom is -0.379 e. The summed E-state index contributed by atoms with van der Waals surface area (Å²) in [4.78, 5) is 16.4. The summed E-state index contributed by atoms with van der Waals surface area (Å²) in [5, 5.41) is 13.4. The number of fused-ring (bicyclic) bond motifs is 1. The molecule has 0 saturated carbocycles. The summed E-state index contributed by atoms with van der Waals surface area (Å²) < 4.78 is 7.30. The molecule has 0 radical (unpaired) electrons. The molecule has 0 aliphatic carbocycles. The molecule has 1 aromatic carbocycles. The van der Waals surface area contributed by atoms with Crippen LogP contribution in [0.1, 0.15) is 28.2 Å². The Morgan fingerprint density at radius 1 is 1.33 bits per heavy atom. The van der Waals surface area contributed by atoms with Gasteiger partial charge in [0.25, 0.3) is 5.91 Å². The summed E-state index contributed by atoms with van der Waals surface area (Å²) in [6.45, 7) is 6.57. The number of nitrogens with zero attached hydrogens (tertiary/aromatic N) is 4. The Bertz CT molecular complexity index is 902. The van der Waals surface area contributed by atoms with Gasteiger partial charge in [-0.3, -0.25) is 9.69 Å². The van der Waals surface area contributed by atoms with Gasteiger partial charge in [-0.15, -0.1) is 16.4 Å². The van der Waals surface area contributed by atoms with Crippen LogP contribution in [0.25, 0.3) is 11.0 Å². The van der Waals surface area contributed by atoms with Gasteiger partial charge < -0.3 is 10.1 Å². The number of carbonyl (C=O) groups excluding carboxylic acids is 1. The van der Waals surface area contributed by atoms with E-state index in [-0.39, 0.29) is 11.9 Å². The van der Waals surface area contributed by atoms with Crippen molar-refractivity contribution in [2.24, 2.45) is 0 Å². The van der Waals surface area contributed by atoms with Crippen molar-refractivity contribution in [3.05, 3.63) is 46.2 Å². The first-order valence-electron chi connectivity index (χ1n) is 9.23. The average molecular weight is 385 g/mol. The highest BCUT2D eigenvalue weighted by molar-refractivity contribution is 7.10. The summed E-state index contributed by atoms with van der Waals surface area (Å²) >= 11 is 1.72. The molecule has 2 aromatic heterocycles. The van der Waals surface area contributed by atoms with Gasteiger partial charge in [0, 0.05) is 36.6 Å². The van der Waals surface area contributed by atoms with Gasteiger partial charge in [-0.1, -0.05) is 11.3 Å². The summed E-state index contributed by atoms with van der Waals surface area (Å²) in [5.41, 5.74) is 2.30. The molecule has 142 valence electrons. The topological polar surface area (TPSA) is 72.3 Å². The largest absolute Gasteiger partial charge is 0.379 e. The summed E-state index contributed by atoms with van der Waals surface area (Å²) in [6, 6.07) is 9.90. The van der Waals surface area contributed by atoms with Crippen molar-refractivity contribution in [3.8, 4) is 0 Å². The smallest absolute Gasteiger partial charge is 0.251 e. The molecule has 1 aliphatic rings. The number of aromatic nitrogens is 3. The summed E-state index contributed by atoms with van der Waals surface area (Å²) in [5.74, 6) is -0.0854. The van der Waals surface area contributed by atoms with Gasteiger partial charge in [-0.25, -0.2) is 4.68 Å². The zero-order valence-electron chi connectivity index (χ0n) is 15.3. The summed E-state index contributed by atoms with van der Waals surface area (Å²) in [7, 11) is 0. The highest BCUT2D eigenvalue weighted by atomic mass is 32.1. The van der Waals surface area contributed by atoms with Crippen LogP contribution in [-0.4, -0.2) is 58.6 Å². The van der Waals surface area contributed by atoms with E-state index in [9.17, 15) is 4.79 Å². The molecule has 1 atom stereocenters. The number of ether oxygens (including phenoxy) is 1. The summed E-state index contributed by atoms with van der Waals surface area (Å²) in [6.07, 6.45) is 0. The third-order valence-corrected chi connectivity index (χ3v) is 5.86. The first-order chi connectivity index (χ1) is 13.3. The van der Waals surface area contributed by atoms with Gasteiger partial charge >= 0.3 is 0 Å². The molecular weight excluding hydrogens is 362 g/mol. The minimum atomic E-state index is -0.0854. The fourth-order valence-electron chi connectivity index (χ4n) is 3.42. The van der Waals surface area contributed by atoms with Crippen LogP contribution in [0.4, 0.5) is 0 Å². The molecule has 3 aromatic rings. The fraction of sp³-hybridized carbons (Fsp3) is 0.421. The second kappa shape index (κ2) is 8.16. The molecule has 1 unspecified atom stereocenters. The Hall–Kier alpha value is -2.29. The Morgan fingerprint density at radius 3 is 2.93 bits per heavy atom. The van der Waals surface area contributed by atoms with E-state index in [1.165, 1.54) is 4.88 Å². The second-order valence-corrected chi connectivity index (χ2v) is 7.48. The van der Waals surface area contributed by atoms with E-state index in [1.807, 2.05) is 23.7 Å². The zero-order chi connectivity index (χ0) is 18.6. The van der Waals surface area contributed by atoms with E-state index in [2.05, 4.69) is 38.0 Å². The van der Waals surface area contributed by atoms with Crippen molar-refractivity contribution in [2.45, 2.75) is 19.5 Å². The zero-order valence-corrected chi connectivity index (χ0v) is 16.1. The quantitative estimate of drug-likeness (QED) is 0.705. The van der Waals surface area contributed by atoms with Crippen molar-refractivity contribution >= 4 is 28.3 Å². The van der Waals surface area contributed by atoms with Crippen molar-refractivity contribution in [3.63, 3.8) is 0 Å². The molecule has 3 heterocycles. The molecule has 0 spiro atoms. The third-order valence-electron chi connectivity index (χ3n) is 4.89. The Morgan fingerprint density at radius 2 is 2.19 bits per heavy atom. The van der Waals surface area contributed by atoms with E-state index in [0.717, 1.165) is 43.9 Å². The average Bonchev–Trinajstić information content (AvgIpc) is 3.38. The van der Waals surface area contributed by atoms with E-state index in [1.54, 1.807) is 17.4 Å². The molecule has 1 aliphatic heterocycles. The lowest BCUT2D eigenvalue weighted by Crippen LogP contribution is -2.43. The SMILES string of the molecule is CCn1nnc2cc(C(=O)NCC(c3cccs3)N3CCOCC3)ccc21. The van der Waals surface area contributed by atoms with Crippen molar-refractivity contribution in [2.75, 3.05) is 32.8 Å². The highest BCUT2D eigenvalue weighted by Crippen LogP contribution is 2.25. The Balaban J connectivity index is 1.47. The number of nitrogens with one attached hydrogen (secondary N) is 1. The van der Waals surface area contributed by atoms with Gasteiger partial charge in [0.05, 0.1) is 24.8 Å². The number of amides is 1. The minimum absolute atomic E-state index is 0.0854. The van der Waals surface area contributed by atoms with Crippen LogP contribution >= 0.6 is 11.3 Å². The number of aryl methyl sites for hydroxylation is 1. The monoisotopic (exact) mass is 385 g/mol. The standard InChI is InChI=1S/C19H23N5O2S/c1-2-24-16-6-5-14(12-15(16)21-22-24)19(25)20-13-17(18-4-3-11-27-18)23-7-9-26-10-8-23/h3-6,11-12,17H,2,7-10,13H2,1H3,(H,20,25). The van der Waals surface area contributed by atoms with Crippen LogP contribution in [-0.2, 0) is 11.3 Å². The maximum Gasteiger partial charge on any atom is 0.251 e. The molecule has 4 rings (SSSR count). The molecule has 1 amide bonds. The van der Waals surface area contributed by atoms with Gasteiger partial charge in [-0.2, -0.15) is 0 Å². The fourth-order valence-corrected chi connectivity index (χ4v) is 4.28. The molecule has 8 heteroatoms. The van der Waals surface area contributed by atoms with Crippen LogP contribution in [0.5, 0.6) is 0 Å². The normalized spacial score (nSPS) is 16.5. The van der Waals surface area contributed by atoms with E-state index in [0.29, 0.717) is 12.1 Å². The molecule has 1 saturated heterocycles. The molecule has 1 N–H and O–H groups in total. The molecule has 1 fully saturated rings. The van der Waals surface area contributed by atoms with Crippen LogP contribution in [0, 0.1) is 0 Å². The van der Waals surface area contributed by atoms with Crippen molar-refractivity contribution < 1.29 is 9.53 Å². The Kier molecular flexibility index (Phi) is 5.47. The lowest BCUT2D eigenvalue weighted by Gasteiger charge is -2.34. The predicted octanol–water partition coefficient (Wildman–Crippen LogP) is 2.32. The van der Waals surface area contributed by atoms with Crippen molar-refractivity contribution in [1.82, 2.24) is 25.2 Å². The van der Waals surface area contributed by atoms with Gasteiger partial charge in [0.15, 0.2) is 0 Å². The van der Waals surface area contributed by atoms with Crippen LogP contribution in [0.3, 0.4) is 0 Å². The van der Waals surface area contributed by atoms with Crippen molar-refractivity contribution in [1.29, 1.82) is 0 Å². The Labute approximate surface area is 161 Å².